The lowest BCUT2D eigenvalue weighted by Crippen LogP contribution is -2.40. The minimum atomic E-state index is -4.47. The second-order valence-electron chi connectivity index (χ2n) is 6.95. The van der Waals surface area contributed by atoms with Crippen molar-refractivity contribution in [2.75, 3.05) is 5.32 Å². The van der Waals surface area contributed by atoms with Crippen molar-refractivity contribution in [1.29, 1.82) is 0 Å². The zero-order valence-corrected chi connectivity index (χ0v) is 15.0. The maximum absolute atomic E-state index is 13.3. The summed E-state index contributed by atoms with van der Waals surface area (Å²) in [6.07, 6.45) is 0.769. The van der Waals surface area contributed by atoms with Crippen LogP contribution >= 0.6 is 0 Å². The standard InChI is InChI=1S/C20H22F3N3O/c1-12-17(16(10-11-25-12)20(21,22)23)13-6-8-15(9-7-13)26-19(27)18(24)14-4-2-3-5-14/h6-11,14,18H,2-5,24H2,1H3,(H,26,27). The third-order valence-electron chi connectivity index (χ3n) is 5.10. The van der Waals surface area contributed by atoms with E-state index in [1.807, 2.05) is 0 Å². The number of nitrogens with two attached hydrogens (primary N) is 1. The molecule has 1 atom stereocenters. The first kappa shape index (κ1) is 19.4. The zero-order valence-electron chi connectivity index (χ0n) is 15.0. The molecule has 0 bridgehead atoms. The Morgan fingerprint density at radius 1 is 1.19 bits per heavy atom. The van der Waals surface area contributed by atoms with Crippen LogP contribution in [0.2, 0.25) is 0 Å². The van der Waals surface area contributed by atoms with E-state index in [1.165, 1.54) is 0 Å². The maximum Gasteiger partial charge on any atom is 0.417 e. The number of nitrogens with one attached hydrogen (secondary N) is 1. The molecule has 3 N–H and O–H groups in total. The number of aryl methyl sites for hydroxylation is 1. The number of halogens is 3. The number of nitrogens with zero attached hydrogens (tertiary/aromatic N) is 1. The predicted molar refractivity (Wildman–Crippen MR) is 98.0 cm³/mol. The Hall–Kier alpha value is -2.41. The number of hydrogen-bond donors (Lipinski definition) is 2. The van der Waals surface area contributed by atoms with Gasteiger partial charge in [0.1, 0.15) is 0 Å². The molecule has 0 spiro atoms. The Bertz CT molecular complexity index is 812. The summed E-state index contributed by atoms with van der Waals surface area (Å²) in [5, 5.41) is 2.75. The average molecular weight is 377 g/mol. The summed E-state index contributed by atoms with van der Waals surface area (Å²) >= 11 is 0. The molecule has 27 heavy (non-hydrogen) atoms. The van der Waals surface area contributed by atoms with Gasteiger partial charge in [-0.3, -0.25) is 9.78 Å². The Balaban J connectivity index is 1.79. The number of carbonyl (C=O) groups is 1. The van der Waals surface area contributed by atoms with Crippen LogP contribution < -0.4 is 11.1 Å². The van der Waals surface area contributed by atoms with Crippen molar-refractivity contribution in [3.05, 3.63) is 47.8 Å². The van der Waals surface area contributed by atoms with E-state index in [4.69, 9.17) is 5.73 Å². The third kappa shape index (κ3) is 4.30. The minimum absolute atomic E-state index is 0.0468. The second kappa shape index (κ2) is 7.68. The summed E-state index contributed by atoms with van der Waals surface area (Å²) in [5.74, 6) is -0.0696. The van der Waals surface area contributed by atoms with Gasteiger partial charge in [0.05, 0.1) is 11.6 Å². The van der Waals surface area contributed by atoms with Crippen molar-refractivity contribution in [3.63, 3.8) is 0 Å². The van der Waals surface area contributed by atoms with Crippen molar-refractivity contribution in [1.82, 2.24) is 4.98 Å². The number of amides is 1. The highest BCUT2D eigenvalue weighted by Gasteiger charge is 2.34. The van der Waals surface area contributed by atoms with Gasteiger partial charge in [-0.15, -0.1) is 0 Å². The molecule has 2 aromatic rings. The molecule has 144 valence electrons. The predicted octanol–water partition coefficient (Wildman–Crippen LogP) is 4.53. The lowest BCUT2D eigenvalue weighted by Gasteiger charge is -2.18. The molecule has 1 fully saturated rings. The van der Waals surface area contributed by atoms with Gasteiger partial charge in [-0.05, 0) is 49.4 Å². The van der Waals surface area contributed by atoms with Crippen LogP contribution in [0.3, 0.4) is 0 Å². The van der Waals surface area contributed by atoms with E-state index in [1.54, 1.807) is 31.2 Å². The Kier molecular flexibility index (Phi) is 5.51. The van der Waals surface area contributed by atoms with Crippen LogP contribution in [0.5, 0.6) is 0 Å². The second-order valence-corrected chi connectivity index (χ2v) is 6.95. The van der Waals surface area contributed by atoms with Crippen LogP contribution in [-0.4, -0.2) is 16.9 Å². The molecule has 1 aliphatic rings. The molecule has 1 aliphatic carbocycles. The lowest BCUT2D eigenvalue weighted by atomic mass is 9.97. The Morgan fingerprint density at radius 2 is 1.81 bits per heavy atom. The smallest absolute Gasteiger partial charge is 0.325 e. The molecular weight excluding hydrogens is 355 g/mol. The van der Waals surface area contributed by atoms with E-state index < -0.39 is 17.8 Å². The van der Waals surface area contributed by atoms with Crippen LogP contribution in [0.4, 0.5) is 18.9 Å². The topological polar surface area (TPSA) is 68.0 Å². The molecule has 0 radical (unpaired) electrons. The summed E-state index contributed by atoms with van der Waals surface area (Å²) in [7, 11) is 0. The van der Waals surface area contributed by atoms with Crippen molar-refractivity contribution in [3.8, 4) is 11.1 Å². The van der Waals surface area contributed by atoms with E-state index >= 15 is 0 Å². The highest BCUT2D eigenvalue weighted by Crippen LogP contribution is 2.38. The van der Waals surface area contributed by atoms with Crippen LogP contribution in [0, 0.1) is 12.8 Å². The van der Waals surface area contributed by atoms with Crippen molar-refractivity contribution in [2.24, 2.45) is 11.7 Å². The fraction of sp³-hybridized carbons (Fsp3) is 0.400. The van der Waals surface area contributed by atoms with Crippen molar-refractivity contribution >= 4 is 11.6 Å². The fourth-order valence-electron chi connectivity index (χ4n) is 3.64. The summed E-state index contributed by atoms with van der Waals surface area (Å²) in [4.78, 5) is 16.3. The number of rotatable bonds is 4. The van der Waals surface area contributed by atoms with Gasteiger partial charge in [-0.1, -0.05) is 25.0 Å². The maximum atomic E-state index is 13.3. The van der Waals surface area contributed by atoms with Crippen LogP contribution in [0.15, 0.2) is 36.5 Å². The number of pyridine rings is 1. The van der Waals surface area contributed by atoms with Crippen molar-refractivity contribution in [2.45, 2.75) is 44.8 Å². The van der Waals surface area contributed by atoms with E-state index in [2.05, 4.69) is 10.3 Å². The van der Waals surface area contributed by atoms with Gasteiger partial charge in [0.2, 0.25) is 5.91 Å². The van der Waals surface area contributed by atoms with E-state index in [9.17, 15) is 18.0 Å². The normalized spacial score (nSPS) is 16.3. The molecule has 1 heterocycles. The first-order valence-corrected chi connectivity index (χ1v) is 8.97. The first-order chi connectivity index (χ1) is 12.8. The monoisotopic (exact) mass is 377 g/mol. The number of anilines is 1. The molecular formula is C20H22F3N3O. The molecule has 1 unspecified atom stereocenters. The average Bonchev–Trinajstić information content (AvgIpc) is 3.15. The van der Waals surface area contributed by atoms with E-state index in [0.29, 0.717) is 16.9 Å². The first-order valence-electron chi connectivity index (χ1n) is 8.97. The molecule has 7 heteroatoms. The quantitative estimate of drug-likeness (QED) is 0.822. The van der Waals surface area contributed by atoms with E-state index in [-0.39, 0.29) is 17.4 Å². The molecule has 0 aliphatic heterocycles. The van der Waals surface area contributed by atoms with Gasteiger partial charge >= 0.3 is 6.18 Å². The summed E-state index contributed by atoms with van der Waals surface area (Å²) in [6, 6.07) is 6.68. The number of alkyl halides is 3. The number of carbonyl (C=O) groups excluding carboxylic acids is 1. The van der Waals surface area contributed by atoms with Crippen LogP contribution in [0.1, 0.15) is 36.9 Å². The molecule has 1 aromatic heterocycles. The summed E-state index contributed by atoms with van der Waals surface area (Å²) in [6.45, 7) is 1.54. The van der Waals surface area contributed by atoms with E-state index in [0.717, 1.165) is 37.9 Å². The minimum Gasteiger partial charge on any atom is -0.325 e. The largest absolute Gasteiger partial charge is 0.417 e. The highest BCUT2D eigenvalue weighted by molar-refractivity contribution is 5.95. The molecule has 1 saturated carbocycles. The van der Waals surface area contributed by atoms with Crippen LogP contribution in [-0.2, 0) is 11.0 Å². The SMILES string of the molecule is Cc1nccc(C(F)(F)F)c1-c1ccc(NC(=O)C(N)C2CCCC2)cc1. The number of aromatic nitrogens is 1. The van der Waals surface area contributed by atoms with Gasteiger partial charge in [0.15, 0.2) is 0 Å². The molecule has 1 amide bonds. The number of hydrogen-bond acceptors (Lipinski definition) is 3. The highest BCUT2D eigenvalue weighted by atomic mass is 19.4. The fourth-order valence-corrected chi connectivity index (χ4v) is 3.64. The van der Waals surface area contributed by atoms with Crippen LogP contribution in [0.25, 0.3) is 11.1 Å². The lowest BCUT2D eigenvalue weighted by molar-refractivity contribution is -0.137. The van der Waals surface area contributed by atoms with Gasteiger partial charge in [0.25, 0.3) is 0 Å². The van der Waals surface area contributed by atoms with Gasteiger partial charge in [-0.25, -0.2) is 0 Å². The van der Waals surface area contributed by atoms with Gasteiger partial charge in [-0.2, -0.15) is 13.2 Å². The molecule has 1 aromatic carbocycles. The zero-order chi connectivity index (χ0) is 19.6. The number of benzene rings is 1. The summed E-state index contributed by atoms with van der Waals surface area (Å²) in [5.41, 5.74) is 6.55. The molecule has 3 rings (SSSR count). The Labute approximate surface area is 156 Å². The molecule has 4 nitrogen and oxygen atoms in total. The third-order valence-corrected chi connectivity index (χ3v) is 5.10. The molecule has 0 saturated heterocycles. The Morgan fingerprint density at radius 3 is 2.41 bits per heavy atom. The van der Waals surface area contributed by atoms with Crippen molar-refractivity contribution < 1.29 is 18.0 Å². The summed E-state index contributed by atoms with van der Waals surface area (Å²) < 4.78 is 39.9. The van der Waals surface area contributed by atoms with Gasteiger partial charge < -0.3 is 11.1 Å². The van der Waals surface area contributed by atoms with Gasteiger partial charge in [0, 0.05) is 23.1 Å².